The number of carbonyl (C=O) groups is 1. The van der Waals surface area contributed by atoms with Crippen molar-refractivity contribution in [1.82, 2.24) is 9.97 Å². The quantitative estimate of drug-likeness (QED) is 0.640. The number of thioether (sulfide) groups is 2. The topological polar surface area (TPSA) is 98.1 Å². The fourth-order valence-electron chi connectivity index (χ4n) is 2.48. The first kappa shape index (κ1) is 16.9. The Bertz CT molecular complexity index is 735. The summed E-state index contributed by atoms with van der Waals surface area (Å²) in [6.45, 7) is 2.90. The number of benzene rings is 1. The second-order valence-electron chi connectivity index (χ2n) is 5.52. The van der Waals surface area contributed by atoms with Crippen molar-refractivity contribution in [1.29, 1.82) is 0 Å². The highest BCUT2D eigenvalue weighted by Crippen LogP contribution is 2.37. The predicted octanol–water partition coefficient (Wildman–Crippen LogP) is 2.65. The van der Waals surface area contributed by atoms with Gasteiger partial charge in [-0.3, -0.25) is 4.79 Å². The van der Waals surface area contributed by atoms with Gasteiger partial charge in [0.1, 0.15) is 11.6 Å². The standard InChI is InChI=1S/C16H19N5OS2/c1-10-6-7-21(11-4-2-3-5-12(11)24-10)15(22)9-23-16-19-13(17)8-14(18)20-16/h2-5,8,10H,6-7,9H2,1H3,(H4,17,18,19,20). The second-order valence-corrected chi connectivity index (χ2v) is 7.94. The molecule has 1 amide bonds. The van der Waals surface area contributed by atoms with E-state index in [2.05, 4.69) is 23.0 Å². The summed E-state index contributed by atoms with van der Waals surface area (Å²) < 4.78 is 0. The van der Waals surface area contributed by atoms with Crippen LogP contribution in [0.15, 0.2) is 40.4 Å². The maximum absolute atomic E-state index is 12.7. The smallest absolute Gasteiger partial charge is 0.237 e. The normalized spacial score (nSPS) is 17.2. The van der Waals surface area contributed by atoms with E-state index in [1.54, 1.807) is 0 Å². The summed E-state index contributed by atoms with van der Waals surface area (Å²) in [7, 11) is 0. The SMILES string of the molecule is CC1CCN(C(=O)CSc2nc(N)cc(N)n2)c2ccccc2S1. The van der Waals surface area contributed by atoms with Crippen LogP contribution in [0.2, 0.25) is 0 Å². The highest BCUT2D eigenvalue weighted by atomic mass is 32.2. The Morgan fingerprint density at radius 2 is 2.04 bits per heavy atom. The van der Waals surface area contributed by atoms with Gasteiger partial charge in [-0.15, -0.1) is 11.8 Å². The van der Waals surface area contributed by atoms with Gasteiger partial charge in [0, 0.05) is 22.8 Å². The van der Waals surface area contributed by atoms with Crippen molar-refractivity contribution < 1.29 is 4.79 Å². The van der Waals surface area contributed by atoms with Gasteiger partial charge < -0.3 is 16.4 Å². The Labute approximate surface area is 149 Å². The van der Waals surface area contributed by atoms with Gasteiger partial charge in [-0.1, -0.05) is 30.8 Å². The predicted molar refractivity (Wildman–Crippen MR) is 100 cm³/mol. The monoisotopic (exact) mass is 361 g/mol. The van der Waals surface area contributed by atoms with E-state index in [1.165, 1.54) is 17.8 Å². The number of amides is 1. The Balaban J connectivity index is 1.75. The lowest BCUT2D eigenvalue weighted by atomic mass is 10.2. The van der Waals surface area contributed by atoms with Gasteiger partial charge in [0.2, 0.25) is 5.91 Å². The number of fused-ring (bicyclic) bond motifs is 1. The Morgan fingerprint density at radius 1 is 1.33 bits per heavy atom. The van der Waals surface area contributed by atoms with Crippen molar-refractivity contribution in [3.63, 3.8) is 0 Å². The van der Waals surface area contributed by atoms with Crippen LogP contribution in [0.25, 0.3) is 0 Å². The van der Waals surface area contributed by atoms with Crippen molar-refractivity contribution >= 4 is 46.8 Å². The van der Waals surface area contributed by atoms with Crippen molar-refractivity contribution in [3.05, 3.63) is 30.3 Å². The van der Waals surface area contributed by atoms with Gasteiger partial charge in [0.25, 0.3) is 0 Å². The largest absolute Gasteiger partial charge is 0.383 e. The second kappa shape index (κ2) is 7.31. The fourth-order valence-corrected chi connectivity index (χ4v) is 4.34. The lowest BCUT2D eigenvalue weighted by molar-refractivity contribution is -0.116. The number of nitrogen functional groups attached to an aromatic ring is 2. The summed E-state index contributed by atoms with van der Waals surface area (Å²) in [5.41, 5.74) is 12.3. The van der Waals surface area contributed by atoms with Crippen molar-refractivity contribution in [2.24, 2.45) is 0 Å². The fraction of sp³-hybridized carbons (Fsp3) is 0.312. The van der Waals surface area contributed by atoms with Crippen molar-refractivity contribution in [2.45, 2.75) is 28.6 Å². The number of nitrogens with two attached hydrogens (primary N) is 2. The molecule has 1 aliphatic heterocycles. The Hall–Kier alpha value is -1.93. The summed E-state index contributed by atoms with van der Waals surface area (Å²) in [5.74, 6) is 0.897. The molecule has 1 aliphatic rings. The zero-order valence-corrected chi connectivity index (χ0v) is 14.9. The van der Waals surface area contributed by atoms with Crippen LogP contribution in [-0.4, -0.2) is 33.4 Å². The molecule has 126 valence electrons. The minimum absolute atomic E-state index is 0.0340. The van der Waals surface area contributed by atoms with Gasteiger partial charge in [-0.25, -0.2) is 9.97 Å². The van der Waals surface area contributed by atoms with Gasteiger partial charge in [0.15, 0.2) is 5.16 Å². The zero-order valence-electron chi connectivity index (χ0n) is 13.3. The summed E-state index contributed by atoms with van der Waals surface area (Å²) in [6.07, 6.45) is 0.956. The van der Waals surface area contributed by atoms with Gasteiger partial charge >= 0.3 is 0 Å². The van der Waals surface area contributed by atoms with E-state index in [0.717, 1.165) is 17.0 Å². The molecule has 3 rings (SSSR count). The third-order valence-electron chi connectivity index (χ3n) is 3.61. The van der Waals surface area contributed by atoms with E-state index < -0.39 is 0 Å². The summed E-state index contributed by atoms with van der Waals surface area (Å²) in [5, 5.41) is 0.903. The van der Waals surface area contributed by atoms with Crippen LogP contribution in [0, 0.1) is 0 Å². The molecule has 2 heterocycles. The molecule has 6 nitrogen and oxygen atoms in total. The number of hydrogen-bond acceptors (Lipinski definition) is 7. The number of anilines is 3. The van der Waals surface area contributed by atoms with Gasteiger partial charge in [-0.2, -0.15) is 0 Å². The molecule has 1 atom stereocenters. The van der Waals surface area contributed by atoms with Crippen LogP contribution in [0.4, 0.5) is 17.3 Å². The van der Waals surface area contributed by atoms with Gasteiger partial charge in [0.05, 0.1) is 11.4 Å². The summed E-state index contributed by atoms with van der Waals surface area (Å²) >= 11 is 3.07. The third-order valence-corrected chi connectivity index (χ3v) is 5.68. The van der Waals surface area contributed by atoms with E-state index >= 15 is 0 Å². The van der Waals surface area contributed by atoms with Gasteiger partial charge in [-0.05, 0) is 18.6 Å². The molecule has 24 heavy (non-hydrogen) atoms. The highest BCUT2D eigenvalue weighted by Gasteiger charge is 2.24. The van der Waals surface area contributed by atoms with E-state index in [-0.39, 0.29) is 11.7 Å². The lowest BCUT2D eigenvalue weighted by Gasteiger charge is -2.22. The van der Waals surface area contributed by atoms with Crippen LogP contribution in [0.3, 0.4) is 0 Å². The molecule has 8 heteroatoms. The van der Waals surface area contributed by atoms with E-state index in [4.69, 9.17) is 11.5 Å². The van der Waals surface area contributed by atoms with Crippen molar-refractivity contribution in [3.8, 4) is 0 Å². The number of aromatic nitrogens is 2. The first-order valence-corrected chi connectivity index (χ1v) is 9.48. The first-order valence-electron chi connectivity index (χ1n) is 7.62. The molecule has 1 aromatic carbocycles. The molecule has 0 spiro atoms. The zero-order chi connectivity index (χ0) is 17.1. The summed E-state index contributed by atoms with van der Waals surface area (Å²) in [4.78, 5) is 23.9. The molecule has 1 aromatic heterocycles. The molecule has 0 aliphatic carbocycles. The minimum Gasteiger partial charge on any atom is -0.383 e. The van der Waals surface area contributed by atoms with Crippen LogP contribution < -0.4 is 16.4 Å². The first-order chi connectivity index (χ1) is 11.5. The summed E-state index contributed by atoms with van der Waals surface area (Å²) in [6, 6.07) is 9.53. The highest BCUT2D eigenvalue weighted by molar-refractivity contribution is 8.00. The lowest BCUT2D eigenvalue weighted by Crippen LogP contribution is -2.33. The number of carbonyl (C=O) groups excluding carboxylic acids is 1. The molecule has 1 unspecified atom stereocenters. The van der Waals surface area contributed by atoms with Crippen LogP contribution in [-0.2, 0) is 4.79 Å². The Kier molecular flexibility index (Phi) is 5.15. The van der Waals surface area contributed by atoms with Crippen LogP contribution >= 0.6 is 23.5 Å². The minimum atomic E-state index is 0.0340. The molecule has 0 saturated heterocycles. The number of nitrogens with zero attached hydrogens (tertiary/aromatic N) is 3. The molecule has 0 radical (unpaired) electrons. The molecule has 0 fully saturated rings. The Morgan fingerprint density at radius 3 is 2.79 bits per heavy atom. The molecule has 0 bridgehead atoms. The third kappa shape index (κ3) is 3.93. The molecule has 2 aromatic rings. The average Bonchev–Trinajstić information content (AvgIpc) is 2.70. The maximum atomic E-state index is 12.7. The number of hydrogen-bond donors (Lipinski definition) is 2. The van der Waals surface area contributed by atoms with E-state index in [1.807, 2.05) is 34.9 Å². The van der Waals surface area contributed by atoms with Crippen LogP contribution in [0.5, 0.6) is 0 Å². The van der Waals surface area contributed by atoms with E-state index in [0.29, 0.717) is 28.6 Å². The number of para-hydroxylation sites is 1. The van der Waals surface area contributed by atoms with Crippen molar-refractivity contribution in [2.75, 3.05) is 28.7 Å². The molecule has 0 saturated carbocycles. The van der Waals surface area contributed by atoms with E-state index in [9.17, 15) is 4.79 Å². The molecular formula is C16H19N5OS2. The number of rotatable bonds is 3. The van der Waals surface area contributed by atoms with Crippen LogP contribution in [0.1, 0.15) is 13.3 Å². The average molecular weight is 361 g/mol. The maximum Gasteiger partial charge on any atom is 0.237 e. The molecule has 4 N–H and O–H groups in total. The molecular weight excluding hydrogens is 342 g/mol.